The predicted molar refractivity (Wildman–Crippen MR) is 32.9 cm³/mol. The van der Waals surface area contributed by atoms with E-state index >= 15 is 0 Å². The molecule has 0 saturated heterocycles. The molecule has 1 fully saturated rings. The lowest BCUT2D eigenvalue weighted by atomic mass is 10.0. The van der Waals surface area contributed by atoms with Crippen LogP contribution in [0.5, 0.6) is 0 Å². The van der Waals surface area contributed by atoms with Crippen LogP contribution in [-0.4, -0.2) is 16.3 Å². The summed E-state index contributed by atoms with van der Waals surface area (Å²) < 4.78 is 0. The van der Waals surface area contributed by atoms with Gasteiger partial charge >= 0.3 is 0 Å². The van der Waals surface area contributed by atoms with E-state index in [-0.39, 0.29) is 17.9 Å². The first-order chi connectivity index (χ1) is 4.27. The largest absolute Gasteiger partial charge is 0.512 e. The summed E-state index contributed by atoms with van der Waals surface area (Å²) in [5.41, 5.74) is 0. The van der Waals surface area contributed by atoms with Crippen LogP contribution in [-0.2, 0) is 0 Å². The second kappa shape index (κ2) is 1.51. The molecule has 2 nitrogen and oxygen atoms in total. The minimum absolute atomic E-state index is 0.175. The van der Waals surface area contributed by atoms with Crippen molar-refractivity contribution in [2.75, 3.05) is 0 Å². The molecular formula is C7H10O2. The van der Waals surface area contributed by atoms with Crippen molar-refractivity contribution in [2.24, 2.45) is 11.8 Å². The highest BCUT2D eigenvalue weighted by molar-refractivity contribution is 5.15. The summed E-state index contributed by atoms with van der Waals surface area (Å²) >= 11 is 0. The summed E-state index contributed by atoms with van der Waals surface area (Å²) in [5.74, 6) is 1.05. The second-order valence-electron chi connectivity index (χ2n) is 2.99. The van der Waals surface area contributed by atoms with Crippen LogP contribution in [0.25, 0.3) is 0 Å². The van der Waals surface area contributed by atoms with E-state index in [1.165, 1.54) is 0 Å². The topological polar surface area (TPSA) is 40.5 Å². The molecule has 2 aliphatic carbocycles. The summed E-state index contributed by atoms with van der Waals surface area (Å²) in [7, 11) is 0. The lowest BCUT2D eigenvalue weighted by Crippen LogP contribution is -2.13. The molecule has 0 aromatic rings. The van der Waals surface area contributed by atoms with Crippen molar-refractivity contribution < 1.29 is 10.2 Å². The van der Waals surface area contributed by atoms with Gasteiger partial charge in [-0.3, -0.25) is 0 Å². The number of hydrogen-bond donors (Lipinski definition) is 2. The van der Waals surface area contributed by atoms with Crippen LogP contribution < -0.4 is 0 Å². The van der Waals surface area contributed by atoms with E-state index in [0.29, 0.717) is 5.76 Å². The SMILES string of the molecule is OC1=C[C@H]2C[C@@H]1C[C@H]2O. The zero-order valence-electron chi connectivity index (χ0n) is 5.12. The smallest absolute Gasteiger partial charge is 0.0918 e. The Labute approximate surface area is 53.8 Å². The van der Waals surface area contributed by atoms with Crippen LogP contribution in [0, 0.1) is 11.8 Å². The number of aliphatic hydroxyl groups excluding tert-OH is 2. The van der Waals surface area contributed by atoms with Gasteiger partial charge in [-0.05, 0) is 18.9 Å². The summed E-state index contributed by atoms with van der Waals surface area (Å²) in [4.78, 5) is 0. The third kappa shape index (κ3) is 0.597. The number of fused-ring (bicyclic) bond motifs is 2. The molecule has 0 radical (unpaired) electrons. The highest BCUT2D eigenvalue weighted by Gasteiger charge is 2.39. The second-order valence-corrected chi connectivity index (χ2v) is 2.99. The monoisotopic (exact) mass is 126 g/mol. The van der Waals surface area contributed by atoms with Crippen molar-refractivity contribution in [2.45, 2.75) is 18.9 Å². The van der Waals surface area contributed by atoms with Gasteiger partial charge in [0.05, 0.1) is 11.9 Å². The van der Waals surface area contributed by atoms with Gasteiger partial charge in [-0.1, -0.05) is 0 Å². The van der Waals surface area contributed by atoms with Crippen LogP contribution in [0.4, 0.5) is 0 Å². The Morgan fingerprint density at radius 1 is 1.44 bits per heavy atom. The molecule has 0 unspecified atom stereocenters. The Morgan fingerprint density at radius 3 is 2.56 bits per heavy atom. The van der Waals surface area contributed by atoms with Gasteiger partial charge in [-0.25, -0.2) is 0 Å². The molecule has 3 atom stereocenters. The molecule has 2 bridgehead atoms. The molecule has 2 aliphatic rings. The highest BCUT2D eigenvalue weighted by atomic mass is 16.3. The lowest BCUT2D eigenvalue weighted by Gasteiger charge is -2.11. The van der Waals surface area contributed by atoms with E-state index in [1.807, 2.05) is 0 Å². The molecule has 0 spiro atoms. The van der Waals surface area contributed by atoms with Crippen molar-refractivity contribution >= 4 is 0 Å². The van der Waals surface area contributed by atoms with E-state index in [0.717, 1.165) is 12.8 Å². The first-order valence-corrected chi connectivity index (χ1v) is 3.36. The number of rotatable bonds is 0. The van der Waals surface area contributed by atoms with Gasteiger partial charge in [0.15, 0.2) is 0 Å². The molecule has 0 aromatic heterocycles. The Balaban J connectivity index is 2.25. The highest BCUT2D eigenvalue weighted by Crippen LogP contribution is 2.42. The van der Waals surface area contributed by atoms with Crippen molar-refractivity contribution in [3.05, 3.63) is 11.8 Å². The molecule has 2 rings (SSSR count). The maximum Gasteiger partial charge on any atom is 0.0918 e. The fraction of sp³-hybridized carbons (Fsp3) is 0.714. The summed E-state index contributed by atoms with van der Waals surface area (Å²) in [5, 5.41) is 18.3. The average Bonchev–Trinajstić information content (AvgIpc) is 2.24. The lowest BCUT2D eigenvalue weighted by molar-refractivity contribution is 0.140. The molecule has 0 aromatic carbocycles. The van der Waals surface area contributed by atoms with Crippen LogP contribution in [0.2, 0.25) is 0 Å². The number of hydrogen-bond acceptors (Lipinski definition) is 2. The van der Waals surface area contributed by atoms with Crippen molar-refractivity contribution in [3.63, 3.8) is 0 Å². The molecule has 0 heterocycles. The first-order valence-electron chi connectivity index (χ1n) is 3.36. The minimum atomic E-state index is -0.175. The Bertz CT molecular complexity index is 162. The van der Waals surface area contributed by atoms with E-state index in [1.54, 1.807) is 6.08 Å². The minimum Gasteiger partial charge on any atom is -0.512 e. The fourth-order valence-corrected chi connectivity index (χ4v) is 1.82. The maximum absolute atomic E-state index is 9.18. The van der Waals surface area contributed by atoms with Crippen LogP contribution >= 0.6 is 0 Å². The molecule has 50 valence electrons. The molecule has 2 N–H and O–H groups in total. The van der Waals surface area contributed by atoms with Crippen LogP contribution in [0.15, 0.2) is 11.8 Å². The molecule has 1 saturated carbocycles. The third-order valence-electron chi connectivity index (χ3n) is 2.38. The van der Waals surface area contributed by atoms with Gasteiger partial charge in [-0.15, -0.1) is 0 Å². The van der Waals surface area contributed by atoms with Gasteiger partial charge in [-0.2, -0.15) is 0 Å². The fourth-order valence-electron chi connectivity index (χ4n) is 1.82. The molecule has 9 heavy (non-hydrogen) atoms. The molecule has 0 aliphatic heterocycles. The zero-order chi connectivity index (χ0) is 6.43. The van der Waals surface area contributed by atoms with Crippen molar-refractivity contribution in [1.29, 1.82) is 0 Å². The van der Waals surface area contributed by atoms with Gasteiger partial charge in [0.1, 0.15) is 0 Å². The number of allylic oxidation sites excluding steroid dienone is 1. The molecule has 2 heteroatoms. The summed E-state index contributed by atoms with van der Waals surface area (Å²) in [6.45, 7) is 0. The van der Waals surface area contributed by atoms with Gasteiger partial charge in [0, 0.05) is 11.8 Å². The van der Waals surface area contributed by atoms with E-state index < -0.39 is 0 Å². The van der Waals surface area contributed by atoms with E-state index in [9.17, 15) is 5.11 Å². The normalized spacial score (nSPS) is 47.7. The number of aliphatic hydroxyl groups is 2. The quantitative estimate of drug-likeness (QED) is 0.504. The van der Waals surface area contributed by atoms with E-state index in [2.05, 4.69) is 0 Å². The summed E-state index contributed by atoms with van der Waals surface area (Å²) in [6.07, 6.45) is 3.35. The Morgan fingerprint density at radius 2 is 2.22 bits per heavy atom. The predicted octanol–water partition coefficient (Wildman–Crippen LogP) is 0.829. The summed E-state index contributed by atoms with van der Waals surface area (Å²) in [6, 6.07) is 0. The van der Waals surface area contributed by atoms with Gasteiger partial charge in [0.25, 0.3) is 0 Å². The Kier molecular flexibility index (Phi) is 0.887. The zero-order valence-corrected chi connectivity index (χ0v) is 5.12. The van der Waals surface area contributed by atoms with E-state index in [4.69, 9.17) is 5.11 Å². The van der Waals surface area contributed by atoms with Gasteiger partial charge in [0.2, 0.25) is 0 Å². The standard InChI is InChI=1S/C7H10O2/c8-6-2-4-1-5(6)3-7(4)9/h2,4-5,7-9H,1,3H2/t4-,5-,7-/m1/s1. The first kappa shape index (κ1) is 5.30. The van der Waals surface area contributed by atoms with Crippen molar-refractivity contribution in [3.8, 4) is 0 Å². The van der Waals surface area contributed by atoms with Crippen molar-refractivity contribution in [1.82, 2.24) is 0 Å². The molecular weight excluding hydrogens is 116 g/mol. The maximum atomic E-state index is 9.18. The van der Waals surface area contributed by atoms with Crippen LogP contribution in [0.3, 0.4) is 0 Å². The average molecular weight is 126 g/mol. The molecule has 0 amide bonds. The van der Waals surface area contributed by atoms with Crippen LogP contribution in [0.1, 0.15) is 12.8 Å². The van der Waals surface area contributed by atoms with Gasteiger partial charge < -0.3 is 10.2 Å². The Hall–Kier alpha value is -0.500. The third-order valence-corrected chi connectivity index (χ3v) is 2.38.